The molecular weight excluding hydrogens is 412 g/mol. The van der Waals surface area contributed by atoms with E-state index in [0.717, 1.165) is 12.3 Å². The van der Waals surface area contributed by atoms with Gasteiger partial charge in [-0.1, -0.05) is 94.3 Å². The summed E-state index contributed by atoms with van der Waals surface area (Å²) in [5, 5.41) is 3.78. The Morgan fingerprint density at radius 1 is 0.971 bits per heavy atom. The van der Waals surface area contributed by atoms with Gasteiger partial charge in [0, 0.05) is 12.2 Å². The maximum absolute atomic E-state index is 4.42. The van der Waals surface area contributed by atoms with Crippen LogP contribution in [0.15, 0.2) is 60.8 Å². The van der Waals surface area contributed by atoms with Gasteiger partial charge in [-0.3, -0.25) is 0 Å². The second-order valence-electron chi connectivity index (χ2n) is 10.8. The molecule has 2 heteroatoms. The van der Waals surface area contributed by atoms with Crippen LogP contribution < -0.4 is 5.32 Å². The molecule has 1 unspecified atom stereocenters. The molecule has 0 aromatic heterocycles. The minimum atomic E-state index is 0.339. The lowest BCUT2D eigenvalue weighted by atomic mass is 9.90. The number of benzene rings is 2. The lowest BCUT2D eigenvalue weighted by molar-refractivity contribution is 0.184. The van der Waals surface area contributed by atoms with E-state index in [2.05, 4.69) is 93.0 Å². The van der Waals surface area contributed by atoms with Crippen molar-refractivity contribution in [3.05, 3.63) is 83.1 Å². The summed E-state index contributed by atoms with van der Waals surface area (Å²) in [4.78, 5) is 2.68. The molecule has 1 aliphatic rings. The van der Waals surface area contributed by atoms with Gasteiger partial charge in [-0.15, -0.1) is 0 Å². The molecule has 186 valence electrons. The molecule has 1 N–H and O–H groups in total. The number of likely N-dealkylation sites (tertiary alicyclic amines) is 1. The van der Waals surface area contributed by atoms with Gasteiger partial charge in [0.05, 0.1) is 6.04 Å². The van der Waals surface area contributed by atoms with Crippen LogP contribution in [0.3, 0.4) is 0 Å². The smallest absolute Gasteiger partial charge is 0.0533 e. The van der Waals surface area contributed by atoms with Crippen LogP contribution in [-0.4, -0.2) is 24.5 Å². The first-order valence-corrected chi connectivity index (χ1v) is 13.8. The number of nitrogens with one attached hydrogen (secondary N) is 1. The van der Waals surface area contributed by atoms with E-state index in [1.54, 1.807) is 11.1 Å². The van der Waals surface area contributed by atoms with E-state index >= 15 is 0 Å². The molecule has 0 radical (unpaired) electrons. The number of hydrogen-bond acceptors (Lipinski definition) is 2. The van der Waals surface area contributed by atoms with Crippen molar-refractivity contribution in [2.24, 2.45) is 11.8 Å². The molecule has 2 aromatic carbocycles. The van der Waals surface area contributed by atoms with Crippen molar-refractivity contribution in [1.82, 2.24) is 10.2 Å². The van der Waals surface area contributed by atoms with Crippen LogP contribution in [0.25, 0.3) is 0 Å². The first-order chi connectivity index (χ1) is 16.5. The fraction of sp³-hybridized carbons (Fsp3) is 0.562. The molecule has 0 amide bonds. The zero-order valence-corrected chi connectivity index (χ0v) is 22.3. The fourth-order valence-electron chi connectivity index (χ4n) is 5.34. The summed E-state index contributed by atoms with van der Waals surface area (Å²) in [6.07, 6.45) is 10.1. The van der Waals surface area contributed by atoms with E-state index in [1.165, 1.54) is 81.4 Å². The average Bonchev–Trinajstić information content (AvgIpc) is 2.83. The maximum Gasteiger partial charge on any atom is 0.0533 e. The van der Waals surface area contributed by atoms with Gasteiger partial charge in [0.1, 0.15) is 0 Å². The molecule has 1 aliphatic heterocycles. The molecule has 2 aromatic rings. The minimum Gasteiger partial charge on any atom is -0.382 e. The van der Waals surface area contributed by atoms with Crippen LogP contribution in [-0.2, 0) is 12.8 Å². The Morgan fingerprint density at radius 2 is 1.62 bits per heavy atom. The highest BCUT2D eigenvalue weighted by atomic mass is 15.1. The van der Waals surface area contributed by atoms with Crippen molar-refractivity contribution < 1.29 is 0 Å². The van der Waals surface area contributed by atoms with Crippen LogP contribution in [0.4, 0.5) is 0 Å². The molecule has 0 saturated carbocycles. The van der Waals surface area contributed by atoms with Crippen LogP contribution in [0.1, 0.15) is 87.6 Å². The predicted octanol–water partition coefficient (Wildman–Crippen LogP) is 7.87. The van der Waals surface area contributed by atoms with E-state index in [1.807, 2.05) is 0 Å². The number of unbranched alkanes of at least 4 members (excludes halogenated alkanes) is 2. The monoisotopic (exact) mass is 460 g/mol. The van der Waals surface area contributed by atoms with Crippen LogP contribution in [0.5, 0.6) is 0 Å². The quantitative estimate of drug-likeness (QED) is 0.306. The molecule has 0 aliphatic carbocycles. The normalized spacial score (nSPS) is 16.0. The third-order valence-corrected chi connectivity index (χ3v) is 7.57. The fourth-order valence-corrected chi connectivity index (χ4v) is 5.34. The first kappa shape index (κ1) is 26.5. The Bertz CT molecular complexity index is 859. The number of rotatable bonds is 13. The highest BCUT2D eigenvalue weighted by Gasteiger charge is 2.22. The zero-order chi connectivity index (χ0) is 24.3. The molecule has 1 atom stereocenters. The third kappa shape index (κ3) is 8.31. The summed E-state index contributed by atoms with van der Waals surface area (Å²) >= 11 is 0. The predicted molar refractivity (Wildman–Crippen MR) is 148 cm³/mol. The molecule has 1 fully saturated rings. The second-order valence-corrected chi connectivity index (χ2v) is 10.8. The largest absolute Gasteiger partial charge is 0.382 e. The molecule has 3 rings (SSSR count). The van der Waals surface area contributed by atoms with E-state index in [0.29, 0.717) is 12.0 Å². The molecule has 34 heavy (non-hydrogen) atoms. The van der Waals surface area contributed by atoms with Crippen molar-refractivity contribution in [2.75, 3.05) is 19.6 Å². The lowest BCUT2D eigenvalue weighted by Gasteiger charge is -2.33. The zero-order valence-electron chi connectivity index (χ0n) is 22.3. The number of nitrogens with zero attached hydrogens (tertiary/aromatic N) is 1. The number of allylic oxidation sites excluding steroid dienone is 1. The topological polar surface area (TPSA) is 15.3 Å². The Hall–Kier alpha value is -2.06. The molecule has 2 nitrogen and oxygen atoms in total. The number of piperidine rings is 1. The van der Waals surface area contributed by atoms with E-state index in [-0.39, 0.29) is 0 Å². The Balaban J connectivity index is 1.42. The highest BCUT2D eigenvalue weighted by Crippen LogP contribution is 2.27. The summed E-state index contributed by atoms with van der Waals surface area (Å²) in [5.41, 5.74) is 7.03. The highest BCUT2D eigenvalue weighted by molar-refractivity contribution is 5.28. The van der Waals surface area contributed by atoms with Gasteiger partial charge in [0.2, 0.25) is 0 Å². The Morgan fingerprint density at radius 3 is 2.24 bits per heavy atom. The summed E-state index contributed by atoms with van der Waals surface area (Å²) in [5.74, 6) is 1.29. The van der Waals surface area contributed by atoms with E-state index < -0.39 is 0 Å². The Labute approximate surface area is 209 Å². The second kappa shape index (κ2) is 13.7. The van der Waals surface area contributed by atoms with Crippen LogP contribution in [0.2, 0.25) is 0 Å². The van der Waals surface area contributed by atoms with Gasteiger partial charge >= 0.3 is 0 Å². The maximum atomic E-state index is 4.42. The molecule has 1 heterocycles. The number of aryl methyl sites for hydroxylation is 2. The molecule has 1 saturated heterocycles. The van der Waals surface area contributed by atoms with Crippen molar-refractivity contribution >= 4 is 0 Å². The number of hydrogen-bond donors (Lipinski definition) is 1. The minimum absolute atomic E-state index is 0.339. The van der Waals surface area contributed by atoms with E-state index in [4.69, 9.17) is 0 Å². The van der Waals surface area contributed by atoms with Gasteiger partial charge in [-0.05, 0) is 87.1 Å². The van der Waals surface area contributed by atoms with Gasteiger partial charge in [0.25, 0.3) is 0 Å². The average molecular weight is 461 g/mol. The van der Waals surface area contributed by atoms with Crippen molar-refractivity contribution in [1.29, 1.82) is 0 Å². The van der Waals surface area contributed by atoms with Crippen LogP contribution >= 0.6 is 0 Å². The van der Waals surface area contributed by atoms with Gasteiger partial charge in [-0.25, -0.2) is 0 Å². The summed E-state index contributed by atoms with van der Waals surface area (Å²) < 4.78 is 0. The van der Waals surface area contributed by atoms with Crippen LogP contribution in [0, 0.1) is 18.8 Å². The third-order valence-electron chi connectivity index (χ3n) is 7.57. The molecule has 0 bridgehead atoms. The lowest BCUT2D eigenvalue weighted by Crippen LogP contribution is -2.36. The standard InChI is InChI=1S/C32H48N2/c1-6-7-8-11-29-12-9-10-13-30(29)20-23-34-21-18-28(19-22-34)24-27(5)33-32(25(2)3)31-16-14-26(4)15-17-31/h9-10,12-17,25,28,32-33H,5-8,11,18-24H2,1-4H3. The van der Waals surface area contributed by atoms with Crippen molar-refractivity contribution in [2.45, 2.75) is 85.1 Å². The summed E-state index contributed by atoms with van der Waals surface area (Å²) in [6, 6.07) is 18.4. The van der Waals surface area contributed by atoms with Gasteiger partial charge in [0.15, 0.2) is 0 Å². The van der Waals surface area contributed by atoms with Gasteiger partial charge in [-0.2, -0.15) is 0 Å². The SMILES string of the molecule is C=C(CC1CCN(CCc2ccccc2CCCCC)CC1)NC(c1ccc(C)cc1)C(C)C. The van der Waals surface area contributed by atoms with Crippen molar-refractivity contribution in [3.63, 3.8) is 0 Å². The van der Waals surface area contributed by atoms with Crippen molar-refractivity contribution in [3.8, 4) is 0 Å². The molecular formula is C32H48N2. The first-order valence-electron chi connectivity index (χ1n) is 13.8. The van der Waals surface area contributed by atoms with Gasteiger partial charge < -0.3 is 10.2 Å². The summed E-state index contributed by atoms with van der Waals surface area (Å²) in [6.45, 7) is 17.1. The van der Waals surface area contributed by atoms with E-state index in [9.17, 15) is 0 Å². The Kier molecular flexibility index (Phi) is 10.7. The summed E-state index contributed by atoms with van der Waals surface area (Å²) in [7, 11) is 0. The molecule has 0 spiro atoms.